The molecule has 0 aliphatic heterocycles. The molecule has 3 rings (SSSR count). The monoisotopic (exact) mass is 301 g/mol. The Bertz CT molecular complexity index is 814. The van der Waals surface area contributed by atoms with E-state index in [2.05, 4.69) is 20.6 Å². The van der Waals surface area contributed by atoms with E-state index in [1.165, 1.54) is 6.20 Å². The molecule has 106 valence electrons. The summed E-state index contributed by atoms with van der Waals surface area (Å²) in [7, 11) is 0. The summed E-state index contributed by atoms with van der Waals surface area (Å²) in [6.07, 6.45) is 1.46. The van der Waals surface area contributed by atoms with E-state index < -0.39 is 0 Å². The number of nitrogens with one attached hydrogen (secondary N) is 1. The molecule has 0 radical (unpaired) electrons. The van der Waals surface area contributed by atoms with Crippen LogP contribution in [0.2, 0.25) is 5.02 Å². The fourth-order valence-corrected chi connectivity index (χ4v) is 2.14. The van der Waals surface area contributed by atoms with Gasteiger partial charge in [0.05, 0.1) is 5.02 Å². The number of amides is 1. The fourth-order valence-electron chi connectivity index (χ4n) is 1.98. The van der Waals surface area contributed by atoms with Crippen LogP contribution in [-0.4, -0.2) is 26.0 Å². The fraction of sp³-hybridized carbons (Fsp3) is 0.143. The Labute approximate surface area is 125 Å². The molecule has 2 heterocycles. The van der Waals surface area contributed by atoms with E-state index in [0.717, 1.165) is 15.8 Å². The number of hydrogen-bond donors (Lipinski definition) is 1. The van der Waals surface area contributed by atoms with Gasteiger partial charge >= 0.3 is 6.03 Å². The average Bonchev–Trinajstić information content (AvgIpc) is 2.89. The van der Waals surface area contributed by atoms with Gasteiger partial charge in [-0.1, -0.05) is 41.1 Å². The maximum atomic E-state index is 12.2. The summed E-state index contributed by atoms with van der Waals surface area (Å²) in [5.41, 5.74) is 3.02. The van der Waals surface area contributed by atoms with Crippen molar-refractivity contribution >= 4 is 28.8 Å². The second-order valence-corrected chi connectivity index (χ2v) is 5.02. The number of benzene rings is 1. The summed E-state index contributed by atoms with van der Waals surface area (Å²) < 4.78 is 1.13. The van der Waals surface area contributed by atoms with Crippen molar-refractivity contribution < 1.29 is 4.79 Å². The van der Waals surface area contributed by atoms with Crippen molar-refractivity contribution in [1.82, 2.24) is 25.3 Å². The highest BCUT2D eigenvalue weighted by atomic mass is 35.5. The molecule has 21 heavy (non-hydrogen) atoms. The number of aromatic nitrogens is 4. The largest absolute Gasteiger partial charge is 0.345 e. The van der Waals surface area contributed by atoms with Crippen molar-refractivity contribution in [2.75, 3.05) is 0 Å². The molecule has 2 aromatic heterocycles. The molecule has 7 heteroatoms. The summed E-state index contributed by atoms with van der Waals surface area (Å²) in [5, 5.41) is 10.9. The van der Waals surface area contributed by atoms with Crippen molar-refractivity contribution in [2.24, 2.45) is 0 Å². The third kappa shape index (κ3) is 2.71. The van der Waals surface area contributed by atoms with Gasteiger partial charge in [0.15, 0.2) is 5.65 Å². The molecule has 1 N–H and O–H groups in total. The smallest absolute Gasteiger partial charge is 0.332 e. The molecule has 0 aliphatic carbocycles. The predicted molar refractivity (Wildman–Crippen MR) is 79.1 cm³/mol. The van der Waals surface area contributed by atoms with Gasteiger partial charge in [-0.05, 0) is 24.1 Å². The third-order valence-electron chi connectivity index (χ3n) is 3.14. The minimum atomic E-state index is -0.379. The first-order valence-corrected chi connectivity index (χ1v) is 6.72. The lowest BCUT2D eigenvalue weighted by molar-refractivity contribution is 0.239. The molecular formula is C14H12ClN5O. The number of rotatable bonds is 2. The van der Waals surface area contributed by atoms with Crippen molar-refractivity contribution in [3.63, 3.8) is 0 Å². The lowest BCUT2D eigenvalue weighted by Crippen LogP contribution is -2.29. The quantitative estimate of drug-likeness (QED) is 0.789. The normalized spacial score (nSPS) is 10.8. The Balaban J connectivity index is 1.80. The number of nitrogens with zero attached hydrogens (tertiary/aromatic N) is 4. The Morgan fingerprint density at radius 1 is 1.38 bits per heavy atom. The van der Waals surface area contributed by atoms with Crippen molar-refractivity contribution in [1.29, 1.82) is 0 Å². The SMILES string of the molecule is Cc1ccccc1CNC(=O)n1nnc2cc(Cl)cnc21. The molecule has 0 bridgehead atoms. The van der Waals surface area contributed by atoms with Crippen LogP contribution in [0, 0.1) is 6.92 Å². The number of hydrogen-bond acceptors (Lipinski definition) is 4. The highest BCUT2D eigenvalue weighted by molar-refractivity contribution is 6.31. The average molecular weight is 302 g/mol. The van der Waals surface area contributed by atoms with Gasteiger partial charge < -0.3 is 5.32 Å². The van der Waals surface area contributed by atoms with Crippen LogP contribution in [0.25, 0.3) is 11.2 Å². The number of halogens is 1. The van der Waals surface area contributed by atoms with Gasteiger partial charge in [-0.2, -0.15) is 0 Å². The van der Waals surface area contributed by atoms with Crippen molar-refractivity contribution in [2.45, 2.75) is 13.5 Å². The zero-order valence-electron chi connectivity index (χ0n) is 11.2. The maximum absolute atomic E-state index is 12.2. The van der Waals surface area contributed by atoms with E-state index in [-0.39, 0.29) is 6.03 Å². The van der Waals surface area contributed by atoms with Gasteiger partial charge in [0.1, 0.15) is 5.52 Å². The van der Waals surface area contributed by atoms with Crippen LogP contribution < -0.4 is 5.32 Å². The van der Waals surface area contributed by atoms with Gasteiger partial charge in [0.2, 0.25) is 0 Å². The first kappa shape index (κ1) is 13.5. The third-order valence-corrected chi connectivity index (χ3v) is 3.35. The standard InChI is InChI=1S/C14H12ClN5O/c1-9-4-2-3-5-10(9)7-17-14(21)20-13-12(18-19-20)6-11(15)8-16-13/h2-6,8H,7H2,1H3,(H,17,21). The predicted octanol–water partition coefficient (Wildman–Crippen LogP) is 2.55. The van der Waals surface area contributed by atoms with Crippen LogP contribution in [0.15, 0.2) is 36.5 Å². The van der Waals surface area contributed by atoms with Crippen molar-refractivity contribution in [3.05, 3.63) is 52.7 Å². The van der Waals surface area contributed by atoms with Crippen LogP contribution in [0.1, 0.15) is 11.1 Å². The van der Waals surface area contributed by atoms with E-state index in [4.69, 9.17) is 11.6 Å². The lowest BCUT2D eigenvalue weighted by atomic mass is 10.1. The molecule has 0 atom stereocenters. The molecule has 1 aromatic carbocycles. The zero-order chi connectivity index (χ0) is 14.8. The van der Waals surface area contributed by atoms with Crippen LogP contribution >= 0.6 is 11.6 Å². The topological polar surface area (TPSA) is 72.7 Å². The molecule has 0 fully saturated rings. The number of pyridine rings is 1. The molecule has 0 spiro atoms. The summed E-state index contributed by atoms with van der Waals surface area (Å²) in [4.78, 5) is 16.2. The Morgan fingerprint density at radius 3 is 3.00 bits per heavy atom. The van der Waals surface area contributed by atoms with E-state index >= 15 is 0 Å². The molecule has 0 aliphatic rings. The highest BCUT2D eigenvalue weighted by Gasteiger charge is 2.13. The minimum Gasteiger partial charge on any atom is -0.332 e. The number of aryl methyl sites for hydroxylation is 1. The highest BCUT2D eigenvalue weighted by Crippen LogP contribution is 2.13. The van der Waals surface area contributed by atoms with E-state index in [1.54, 1.807) is 6.07 Å². The lowest BCUT2D eigenvalue weighted by Gasteiger charge is -2.07. The molecule has 0 unspecified atom stereocenters. The summed E-state index contributed by atoms with van der Waals surface area (Å²) >= 11 is 5.83. The second-order valence-electron chi connectivity index (χ2n) is 4.58. The van der Waals surface area contributed by atoms with Crippen molar-refractivity contribution in [3.8, 4) is 0 Å². The number of carbonyl (C=O) groups is 1. The van der Waals surface area contributed by atoms with E-state index in [0.29, 0.717) is 22.7 Å². The Kier molecular flexibility index (Phi) is 3.53. The van der Waals surface area contributed by atoms with Crippen LogP contribution in [0.3, 0.4) is 0 Å². The molecule has 0 saturated heterocycles. The molecule has 3 aromatic rings. The zero-order valence-corrected chi connectivity index (χ0v) is 12.0. The first-order valence-electron chi connectivity index (χ1n) is 6.35. The van der Waals surface area contributed by atoms with Gasteiger partial charge in [-0.25, -0.2) is 9.78 Å². The van der Waals surface area contributed by atoms with Crippen LogP contribution in [0.4, 0.5) is 4.79 Å². The van der Waals surface area contributed by atoms with Crippen LogP contribution in [0.5, 0.6) is 0 Å². The molecule has 0 saturated carbocycles. The molecule has 1 amide bonds. The summed E-state index contributed by atoms with van der Waals surface area (Å²) in [6, 6.07) is 9.09. The van der Waals surface area contributed by atoms with Gasteiger partial charge in [0, 0.05) is 12.7 Å². The van der Waals surface area contributed by atoms with Gasteiger partial charge in [-0.3, -0.25) is 0 Å². The Morgan fingerprint density at radius 2 is 2.19 bits per heavy atom. The van der Waals surface area contributed by atoms with Gasteiger partial charge in [0.25, 0.3) is 0 Å². The number of carbonyl (C=O) groups excluding carboxylic acids is 1. The number of fused-ring (bicyclic) bond motifs is 1. The van der Waals surface area contributed by atoms with E-state index in [9.17, 15) is 4.79 Å². The molecular weight excluding hydrogens is 290 g/mol. The Hall–Kier alpha value is -2.47. The van der Waals surface area contributed by atoms with Gasteiger partial charge in [-0.15, -0.1) is 9.78 Å². The summed E-state index contributed by atoms with van der Waals surface area (Å²) in [5.74, 6) is 0. The minimum absolute atomic E-state index is 0.377. The van der Waals surface area contributed by atoms with Crippen LogP contribution in [-0.2, 0) is 6.54 Å². The molecule has 6 nitrogen and oxygen atoms in total. The summed E-state index contributed by atoms with van der Waals surface area (Å²) in [6.45, 7) is 2.41. The first-order chi connectivity index (χ1) is 10.1. The van der Waals surface area contributed by atoms with E-state index in [1.807, 2.05) is 31.2 Å². The second kappa shape index (κ2) is 5.49. The maximum Gasteiger partial charge on any atom is 0.345 e.